The maximum absolute atomic E-state index is 11.3. The molecule has 0 amide bonds. The number of aryl methyl sites for hydroxylation is 1. The summed E-state index contributed by atoms with van der Waals surface area (Å²) < 4.78 is 6.05. The molecule has 2 rings (SSSR count). The number of halogens is 2. The maximum Gasteiger partial charge on any atom is 0.342 e. The molecule has 0 radical (unpaired) electrons. The molecule has 0 unspecified atom stereocenters. The van der Waals surface area contributed by atoms with Gasteiger partial charge in [-0.3, -0.25) is 0 Å². The third-order valence-electron chi connectivity index (χ3n) is 2.25. The van der Waals surface area contributed by atoms with Crippen LogP contribution in [0.5, 0.6) is 5.75 Å². The van der Waals surface area contributed by atoms with Crippen molar-refractivity contribution in [2.24, 2.45) is 0 Å². The second-order valence-electron chi connectivity index (χ2n) is 3.84. The zero-order chi connectivity index (χ0) is 15.6. The number of phenols is 1. The molecule has 21 heavy (non-hydrogen) atoms. The molecule has 0 aliphatic rings. The number of hydrogen-bond donors (Lipinski definition) is 2. The van der Waals surface area contributed by atoms with Crippen molar-refractivity contribution in [2.45, 2.75) is 12.1 Å². The predicted molar refractivity (Wildman–Crippen MR) is 84.0 cm³/mol. The minimum Gasteiger partial charge on any atom is -0.506 e. The lowest BCUT2D eigenvalue weighted by Crippen LogP contribution is -1.96. The van der Waals surface area contributed by atoms with Crippen LogP contribution in [0.1, 0.15) is 11.5 Å². The van der Waals surface area contributed by atoms with E-state index in [0.717, 1.165) is 11.8 Å². The van der Waals surface area contributed by atoms with Gasteiger partial charge in [0.05, 0.1) is 8.95 Å². The molecule has 9 heteroatoms. The molecular weight excluding hydrogens is 428 g/mol. The lowest BCUT2D eigenvalue weighted by Gasteiger charge is -2.04. The van der Waals surface area contributed by atoms with E-state index in [9.17, 15) is 15.0 Å². The summed E-state index contributed by atoms with van der Waals surface area (Å²) in [5, 5.41) is 26.4. The van der Waals surface area contributed by atoms with Crippen LogP contribution in [0.4, 0.5) is 0 Å². The van der Waals surface area contributed by atoms with E-state index < -0.39 is 5.97 Å². The van der Waals surface area contributed by atoms with Gasteiger partial charge in [-0.2, -0.15) is 0 Å². The molecule has 0 spiro atoms. The lowest BCUT2D eigenvalue weighted by molar-refractivity contribution is -0.131. The first-order chi connectivity index (χ1) is 9.86. The van der Waals surface area contributed by atoms with Gasteiger partial charge in [-0.1, -0.05) is 0 Å². The SMILES string of the molecule is Cc1nnc(S/C(=C\c2cc(Br)c(O)c(Br)c2)C(=O)O)o1. The van der Waals surface area contributed by atoms with Crippen molar-refractivity contribution in [1.29, 1.82) is 0 Å². The van der Waals surface area contributed by atoms with Gasteiger partial charge in [0.1, 0.15) is 10.7 Å². The molecule has 0 aliphatic heterocycles. The van der Waals surface area contributed by atoms with Crippen LogP contribution in [0.15, 0.2) is 35.6 Å². The van der Waals surface area contributed by atoms with E-state index in [1.807, 2.05) is 0 Å². The van der Waals surface area contributed by atoms with Crippen LogP contribution in [0.2, 0.25) is 0 Å². The number of carboxylic acids is 1. The van der Waals surface area contributed by atoms with Crippen LogP contribution in [-0.4, -0.2) is 26.4 Å². The first kappa shape index (κ1) is 16.1. The van der Waals surface area contributed by atoms with Gasteiger partial charge in [-0.05, 0) is 67.4 Å². The average Bonchev–Trinajstić information content (AvgIpc) is 2.80. The van der Waals surface area contributed by atoms with Crippen LogP contribution < -0.4 is 0 Å². The normalized spacial score (nSPS) is 11.7. The Morgan fingerprint density at radius 1 is 1.33 bits per heavy atom. The summed E-state index contributed by atoms with van der Waals surface area (Å²) in [5.41, 5.74) is 0.590. The number of aliphatic carboxylic acids is 1. The second kappa shape index (κ2) is 6.63. The largest absolute Gasteiger partial charge is 0.506 e. The van der Waals surface area contributed by atoms with Crippen LogP contribution in [0.25, 0.3) is 6.08 Å². The van der Waals surface area contributed by atoms with Crippen LogP contribution in [0, 0.1) is 6.92 Å². The minimum absolute atomic E-state index is 0.0168. The molecule has 1 aromatic heterocycles. The Labute approximate surface area is 140 Å². The molecular formula is C12H8Br2N2O4S. The lowest BCUT2D eigenvalue weighted by atomic mass is 10.2. The van der Waals surface area contributed by atoms with E-state index >= 15 is 0 Å². The van der Waals surface area contributed by atoms with Gasteiger partial charge in [0.15, 0.2) is 0 Å². The van der Waals surface area contributed by atoms with E-state index in [1.165, 1.54) is 6.08 Å². The van der Waals surface area contributed by atoms with Gasteiger partial charge in [-0.15, -0.1) is 10.2 Å². The molecule has 0 saturated heterocycles. The van der Waals surface area contributed by atoms with Crippen LogP contribution >= 0.6 is 43.6 Å². The van der Waals surface area contributed by atoms with Gasteiger partial charge >= 0.3 is 5.97 Å². The van der Waals surface area contributed by atoms with Gasteiger partial charge < -0.3 is 14.6 Å². The summed E-state index contributed by atoms with van der Waals surface area (Å²) in [5.74, 6) is -0.710. The van der Waals surface area contributed by atoms with Crippen molar-refractivity contribution in [2.75, 3.05) is 0 Å². The topological polar surface area (TPSA) is 96.5 Å². The zero-order valence-electron chi connectivity index (χ0n) is 10.5. The number of phenolic OH excluding ortho intramolecular Hbond substituents is 1. The monoisotopic (exact) mass is 434 g/mol. The van der Waals surface area contributed by atoms with Gasteiger partial charge in [0.2, 0.25) is 5.89 Å². The number of hydrogen-bond acceptors (Lipinski definition) is 6. The van der Waals surface area contributed by atoms with E-state index in [0.29, 0.717) is 20.4 Å². The highest BCUT2D eigenvalue weighted by Crippen LogP contribution is 2.35. The number of carboxylic acid groups (broad SMARTS) is 1. The zero-order valence-corrected chi connectivity index (χ0v) is 14.5. The fourth-order valence-corrected chi connectivity index (χ4v) is 3.30. The maximum atomic E-state index is 11.3. The molecule has 0 bridgehead atoms. The highest BCUT2D eigenvalue weighted by molar-refractivity contribution is 9.11. The summed E-state index contributed by atoms with van der Waals surface area (Å²) >= 11 is 7.24. The van der Waals surface area contributed by atoms with Crippen molar-refractivity contribution in [3.63, 3.8) is 0 Å². The summed E-state index contributed by atoms with van der Waals surface area (Å²) in [6.07, 6.45) is 1.45. The second-order valence-corrected chi connectivity index (χ2v) is 6.54. The molecule has 2 N–H and O–H groups in total. The van der Waals surface area contributed by atoms with E-state index in [-0.39, 0.29) is 15.9 Å². The molecule has 0 aliphatic carbocycles. The fraction of sp³-hybridized carbons (Fsp3) is 0.0833. The molecule has 0 fully saturated rings. The number of nitrogens with zero attached hydrogens (tertiary/aromatic N) is 2. The third kappa shape index (κ3) is 4.08. The summed E-state index contributed by atoms with van der Waals surface area (Å²) in [6, 6.07) is 3.20. The Balaban J connectivity index is 2.36. The minimum atomic E-state index is -1.11. The first-order valence-electron chi connectivity index (χ1n) is 5.48. The average molecular weight is 436 g/mol. The Hall–Kier alpha value is -1.32. The molecule has 0 saturated carbocycles. The number of benzene rings is 1. The van der Waals surface area contributed by atoms with Crippen molar-refractivity contribution in [3.8, 4) is 5.75 Å². The number of rotatable bonds is 4. The highest BCUT2D eigenvalue weighted by atomic mass is 79.9. The number of aromatic hydroxyl groups is 1. The quantitative estimate of drug-likeness (QED) is 0.556. The van der Waals surface area contributed by atoms with Crippen molar-refractivity contribution < 1.29 is 19.4 Å². The van der Waals surface area contributed by atoms with Gasteiger partial charge in [0, 0.05) is 6.92 Å². The standard InChI is InChI=1S/C12H8Br2N2O4S/c1-5-15-16-12(20-5)21-9(11(18)19)4-6-2-7(13)10(17)8(14)3-6/h2-4,17H,1H3,(H,18,19)/b9-4-. The fourth-order valence-electron chi connectivity index (χ4n) is 1.37. The Bertz CT molecular complexity index is 707. The molecule has 0 atom stereocenters. The predicted octanol–water partition coefficient (Wildman–Crippen LogP) is 3.83. The molecule has 2 aromatic rings. The number of carbonyl (C=O) groups is 1. The third-order valence-corrected chi connectivity index (χ3v) is 4.31. The van der Waals surface area contributed by atoms with Crippen LogP contribution in [0.3, 0.4) is 0 Å². The Morgan fingerprint density at radius 2 is 1.95 bits per heavy atom. The molecule has 1 aromatic carbocycles. The first-order valence-corrected chi connectivity index (χ1v) is 7.88. The number of thioether (sulfide) groups is 1. The van der Waals surface area contributed by atoms with Crippen molar-refractivity contribution >= 4 is 55.7 Å². The van der Waals surface area contributed by atoms with Crippen molar-refractivity contribution in [1.82, 2.24) is 10.2 Å². The Kier molecular flexibility index (Phi) is 5.07. The number of aromatic nitrogens is 2. The van der Waals surface area contributed by atoms with E-state index in [2.05, 4.69) is 42.1 Å². The van der Waals surface area contributed by atoms with Gasteiger partial charge in [-0.25, -0.2) is 4.79 Å². The Morgan fingerprint density at radius 3 is 2.43 bits per heavy atom. The van der Waals surface area contributed by atoms with E-state index in [1.54, 1.807) is 19.1 Å². The van der Waals surface area contributed by atoms with Gasteiger partial charge in [0.25, 0.3) is 5.22 Å². The molecule has 6 nitrogen and oxygen atoms in total. The molecule has 110 valence electrons. The smallest absolute Gasteiger partial charge is 0.342 e. The van der Waals surface area contributed by atoms with E-state index in [4.69, 9.17) is 4.42 Å². The summed E-state index contributed by atoms with van der Waals surface area (Å²) in [7, 11) is 0. The highest BCUT2D eigenvalue weighted by Gasteiger charge is 2.15. The van der Waals surface area contributed by atoms with Crippen molar-refractivity contribution in [3.05, 3.63) is 37.4 Å². The summed E-state index contributed by atoms with van der Waals surface area (Å²) in [6.45, 7) is 1.62. The summed E-state index contributed by atoms with van der Waals surface area (Å²) in [4.78, 5) is 11.3. The van der Waals surface area contributed by atoms with Crippen LogP contribution in [-0.2, 0) is 4.79 Å². The molecule has 1 heterocycles.